The van der Waals surface area contributed by atoms with Crippen LogP contribution in [0.5, 0.6) is 0 Å². The molecule has 0 aliphatic heterocycles. The fourth-order valence-corrected chi connectivity index (χ4v) is 5.93. The summed E-state index contributed by atoms with van der Waals surface area (Å²) in [7, 11) is 0. The number of hydrogen-bond donors (Lipinski definition) is 2. The highest BCUT2D eigenvalue weighted by Crippen LogP contribution is 2.55. The summed E-state index contributed by atoms with van der Waals surface area (Å²) in [4.78, 5) is 20.7. The summed E-state index contributed by atoms with van der Waals surface area (Å²) < 4.78 is 1.68. The van der Waals surface area contributed by atoms with E-state index in [-0.39, 0.29) is 11.6 Å². The molecular formula is C19H26N6O. The Morgan fingerprint density at radius 3 is 2.62 bits per heavy atom. The van der Waals surface area contributed by atoms with Gasteiger partial charge in [0.25, 0.3) is 5.78 Å². The quantitative estimate of drug-likeness (QED) is 0.807. The summed E-state index contributed by atoms with van der Waals surface area (Å²) in [5.74, 6) is 3.16. The number of carbonyl (C=O) groups is 1. The van der Waals surface area contributed by atoms with E-state index >= 15 is 0 Å². The number of amides is 2. The fourth-order valence-electron chi connectivity index (χ4n) is 5.93. The zero-order chi connectivity index (χ0) is 17.6. The number of nitrogens with zero attached hydrogens (tertiary/aromatic N) is 4. The van der Waals surface area contributed by atoms with Gasteiger partial charge >= 0.3 is 6.03 Å². The van der Waals surface area contributed by atoms with E-state index in [4.69, 9.17) is 0 Å². The van der Waals surface area contributed by atoms with Crippen LogP contribution in [0, 0.1) is 17.8 Å². The largest absolute Gasteiger partial charge is 0.338 e. The molecule has 4 saturated carbocycles. The van der Waals surface area contributed by atoms with Gasteiger partial charge < -0.3 is 10.6 Å². The Hall–Kier alpha value is -2.18. The summed E-state index contributed by atoms with van der Waals surface area (Å²) in [5, 5.41) is 10.5. The molecule has 138 valence electrons. The lowest BCUT2D eigenvalue weighted by atomic mass is 9.53. The molecule has 26 heavy (non-hydrogen) atoms. The smallest absolute Gasteiger partial charge is 0.315 e. The molecule has 2 heterocycles. The van der Waals surface area contributed by atoms with E-state index in [0.29, 0.717) is 12.3 Å². The molecule has 4 aliphatic rings. The van der Waals surface area contributed by atoms with Gasteiger partial charge in [-0.1, -0.05) is 0 Å². The van der Waals surface area contributed by atoms with Gasteiger partial charge in [0.05, 0.1) is 0 Å². The molecule has 4 aliphatic carbocycles. The number of aryl methyl sites for hydroxylation is 1. The number of urea groups is 1. The van der Waals surface area contributed by atoms with Gasteiger partial charge in [0.15, 0.2) is 0 Å². The maximum Gasteiger partial charge on any atom is 0.315 e. The Morgan fingerprint density at radius 1 is 1.15 bits per heavy atom. The Bertz CT molecular complexity index is 780. The van der Waals surface area contributed by atoms with E-state index in [0.717, 1.165) is 36.2 Å². The van der Waals surface area contributed by atoms with Gasteiger partial charge in [-0.2, -0.15) is 10.1 Å². The number of carbonyl (C=O) groups excluding carboxylic acids is 1. The maximum atomic E-state index is 12.4. The van der Waals surface area contributed by atoms with Gasteiger partial charge in [-0.05, 0) is 74.7 Å². The maximum absolute atomic E-state index is 12.4. The molecule has 0 saturated heterocycles. The molecule has 7 nitrogen and oxygen atoms in total. The first-order valence-electron chi connectivity index (χ1n) is 9.88. The van der Waals surface area contributed by atoms with Crippen LogP contribution >= 0.6 is 0 Å². The van der Waals surface area contributed by atoms with Crippen LogP contribution in [0.4, 0.5) is 4.79 Å². The fraction of sp³-hybridized carbons (Fsp3) is 0.684. The minimum atomic E-state index is 0.0109. The molecule has 2 N–H and O–H groups in total. The van der Waals surface area contributed by atoms with Crippen molar-refractivity contribution < 1.29 is 4.79 Å². The van der Waals surface area contributed by atoms with Gasteiger partial charge in [0.2, 0.25) is 0 Å². The van der Waals surface area contributed by atoms with E-state index in [1.54, 1.807) is 4.52 Å². The third-order valence-electron chi connectivity index (χ3n) is 6.53. The Balaban J connectivity index is 1.10. The molecule has 4 bridgehead atoms. The van der Waals surface area contributed by atoms with E-state index in [1.807, 2.05) is 12.4 Å². The molecule has 0 aromatic carbocycles. The van der Waals surface area contributed by atoms with Crippen molar-refractivity contribution in [3.63, 3.8) is 0 Å². The predicted molar refractivity (Wildman–Crippen MR) is 96.5 cm³/mol. The van der Waals surface area contributed by atoms with Crippen LogP contribution in [0.3, 0.4) is 0 Å². The van der Waals surface area contributed by atoms with Crippen LogP contribution in [0.1, 0.15) is 50.5 Å². The van der Waals surface area contributed by atoms with Crippen LogP contribution in [0.15, 0.2) is 18.7 Å². The minimum Gasteiger partial charge on any atom is -0.338 e. The van der Waals surface area contributed by atoms with Crippen molar-refractivity contribution >= 4 is 11.8 Å². The molecule has 0 unspecified atom stereocenters. The summed E-state index contributed by atoms with van der Waals surface area (Å²) in [6, 6.07) is 0.0109. The zero-order valence-corrected chi connectivity index (χ0v) is 15.0. The van der Waals surface area contributed by atoms with Crippen molar-refractivity contribution in [2.24, 2.45) is 17.8 Å². The van der Waals surface area contributed by atoms with E-state index in [2.05, 4.69) is 25.7 Å². The first-order valence-corrected chi connectivity index (χ1v) is 9.88. The molecule has 2 aromatic heterocycles. The second kappa shape index (κ2) is 6.21. The average molecular weight is 354 g/mol. The van der Waals surface area contributed by atoms with Crippen LogP contribution in [-0.4, -0.2) is 37.7 Å². The van der Waals surface area contributed by atoms with Crippen LogP contribution < -0.4 is 10.6 Å². The first-order chi connectivity index (χ1) is 12.7. The highest BCUT2D eigenvalue weighted by Gasteiger charge is 2.51. The number of nitrogens with one attached hydrogen (secondary N) is 2. The van der Waals surface area contributed by atoms with E-state index < -0.39 is 0 Å². The van der Waals surface area contributed by atoms with Gasteiger partial charge in [-0.15, -0.1) is 0 Å². The van der Waals surface area contributed by atoms with Gasteiger partial charge in [-0.3, -0.25) is 0 Å². The lowest BCUT2D eigenvalue weighted by molar-refractivity contribution is -0.0135. The molecular weight excluding hydrogens is 328 g/mol. The van der Waals surface area contributed by atoms with Crippen molar-refractivity contribution in [1.82, 2.24) is 30.2 Å². The Morgan fingerprint density at radius 2 is 1.88 bits per heavy atom. The molecule has 7 heteroatoms. The van der Waals surface area contributed by atoms with Crippen molar-refractivity contribution in [3.05, 3.63) is 24.3 Å². The molecule has 2 amide bonds. The summed E-state index contributed by atoms with van der Waals surface area (Å²) in [6.45, 7) is 0.674. The topological polar surface area (TPSA) is 84.2 Å². The second-order valence-corrected chi connectivity index (χ2v) is 8.65. The standard InChI is InChI=1S/C19H26N6O/c26-18(24-19-7-14-4-15(8-19)6-16(5-14)9-19)20-3-1-2-13-10-21-17-22-12-23-25(17)11-13/h10-12,14-16H,1-9H2,(H2,20,24,26). The molecule has 2 aromatic rings. The van der Waals surface area contributed by atoms with Gasteiger partial charge in [-0.25, -0.2) is 14.3 Å². The third kappa shape index (κ3) is 3.04. The van der Waals surface area contributed by atoms with Crippen LogP contribution in [-0.2, 0) is 6.42 Å². The third-order valence-corrected chi connectivity index (χ3v) is 6.53. The summed E-state index contributed by atoms with van der Waals surface area (Å²) in [6.07, 6.45) is 14.8. The summed E-state index contributed by atoms with van der Waals surface area (Å²) >= 11 is 0. The first kappa shape index (κ1) is 16.0. The van der Waals surface area contributed by atoms with Gasteiger partial charge in [0.1, 0.15) is 6.33 Å². The lowest BCUT2D eigenvalue weighted by Gasteiger charge is -2.56. The zero-order valence-electron chi connectivity index (χ0n) is 15.0. The minimum absolute atomic E-state index is 0.0109. The number of hydrogen-bond acceptors (Lipinski definition) is 4. The highest BCUT2D eigenvalue weighted by atomic mass is 16.2. The molecule has 4 fully saturated rings. The number of aromatic nitrogens is 4. The second-order valence-electron chi connectivity index (χ2n) is 8.65. The predicted octanol–water partition coefficient (Wildman–Crippen LogP) is 2.32. The van der Waals surface area contributed by atoms with Crippen LogP contribution in [0.2, 0.25) is 0 Å². The van der Waals surface area contributed by atoms with E-state index in [1.165, 1.54) is 44.9 Å². The van der Waals surface area contributed by atoms with Gasteiger partial charge in [0, 0.05) is 24.5 Å². The number of fused-ring (bicyclic) bond motifs is 1. The monoisotopic (exact) mass is 354 g/mol. The molecule has 0 radical (unpaired) electrons. The number of rotatable bonds is 5. The van der Waals surface area contributed by atoms with Crippen molar-refractivity contribution in [3.8, 4) is 0 Å². The van der Waals surface area contributed by atoms with E-state index in [9.17, 15) is 4.79 Å². The molecule has 0 spiro atoms. The van der Waals surface area contributed by atoms with Crippen LogP contribution in [0.25, 0.3) is 5.78 Å². The van der Waals surface area contributed by atoms with Crippen molar-refractivity contribution in [2.45, 2.75) is 56.9 Å². The van der Waals surface area contributed by atoms with Crippen molar-refractivity contribution in [1.29, 1.82) is 0 Å². The molecule has 0 atom stereocenters. The SMILES string of the molecule is O=C(NCCCc1cnc2ncnn2c1)NC12CC3CC(CC(C3)C1)C2. The Labute approximate surface area is 153 Å². The highest BCUT2D eigenvalue weighted by molar-refractivity contribution is 5.74. The normalized spacial score (nSPS) is 32.1. The lowest BCUT2D eigenvalue weighted by Crippen LogP contribution is -2.61. The average Bonchev–Trinajstić information content (AvgIpc) is 3.05. The molecule has 6 rings (SSSR count). The summed E-state index contributed by atoms with van der Waals surface area (Å²) in [5.41, 5.74) is 1.19. The Kier molecular flexibility index (Phi) is 3.83. The van der Waals surface area contributed by atoms with Crippen molar-refractivity contribution in [2.75, 3.05) is 6.54 Å².